The Labute approximate surface area is 117 Å². The lowest BCUT2D eigenvalue weighted by molar-refractivity contribution is 0.1000. The number of carbonyl (C=O) groups is 1. The van der Waals surface area contributed by atoms with Crippen LogP contribution >= 0.6 is 0 Å². The van der Waals surface area contributed by atoms with E-state index in [9.17, 15) is 9.90 Å². The van der Waals surface area contributed by atoms with E-state index in [1.165, 1.54) is 0 Å². The summed E-state index contributed by atoms with van der Waals surface area (Å²) in [6.07, 6.45) is 0. The molecule has 1 aromatic heterocycles. The molecule has 0 unspecified atom stereocenters. The molecule has 0 saturated heterocycles. The Morgan fingerprint density at radius 3 is 2.75 bits per heavy atom. The van der Waals surface area contributed by atoms with E-state index in [2.05, 4.69) is 10.3 Å². The van der Waals surface area contributed by atoms with Crippen LogP contribution in [0.2, 0.25) is 0 Å². The zero-order valence-corrected chi connectivity index (χ0v) is 11.5. The first-order chi connectivity index (χ1) is 9.49. The van der Waals surface area contributed by atoms with Gasteiger partial charge in [0.1, 0.15) is 11.4 Å². The van der Waals surface area contributed by atoms with Crippen LogP contribution in [0.5, 0.6) is 5.75 Å². The van der Waals surface area contributed by atoms with Crippen LogP contribution in [0.4, 0.5) is 5.69 Å². The summed E-state index contributed by atoms with van der Waals surface area (Å²) in [5, 5.41) is 12.9. The lowest BCUT2D eigenvalue weighted by Crippen LogP contribution is -2.14. The highest BCUT2D eigenvalue weighted by Gasteiger charge is 2.09. The molecule has 0 bridgehead atoms. The van der Waals surface area contributed by atoms with E-state index in [1.807, 2.05) is 19.9 Å². The highest BCUT2D eigenvalue weighted by atomic mass is 16.3. The van der Waals surface area contributed by atoms with Crippen molar-refractivity contribution < 1.29 is 9.90 Å². The molecule has 0 atom stereocenters. The van der Waals surface area contributed by atoms with Gasteiger partial charge < -0.3 is 16.2 Å². The van der Waals surface area contributed by atoms with Crippen molar-refractivity contribution in [3.63, 3.8) is 0 Å². The third-order valence-electron chi connectivity index (χ3n) is 3.13. The predicted octanol–water partition coefficient (Wildman–Crippen LogP) is 2.12. The number of anilines is 1. The van der Waals surface area contributed by atoms with E-state index in [0.29, 0.717) is 17.8 Å². The Balaban J connectivity index is 2.21. The van der Waals surface area contributed by atoms with Crippen LogP contribution in [0.3, 0.4) is 0 Å². The van der Waals surface area contributed by atoms with Crippen LogP contribution in [0.1, 0.15) is 27.3 Å². The second-order valence-electron chi connectivity index (χ2n) is 4.61. The SMILES string of the molecule is Cc1ccc(O)c(CNc2cccc(C(N)=O)c2C)n1. The summed E-state index contributed by atoms with van der Waals surface area (Å²) >= 11 is 0. The Bertz CT molecular complexity index is 654. The van der Waals surface area contributed by atoms with Crippen LogP contribution < -0.4 is 11.1 Å². The van der Waals surface area contributed by atoms with Crippen LogP contribution in [0.25, 0.3) is 0 Å². The monoisotopic (exact) mass is 271 g/mol. The fourth-order valence-corrected chi connectivity index (χ4v) is 2.01. The van der Waals surface area contributed by atoms with Crippen molar-refractivity contribution in [1.29, 1.82) is 0 Å². The molecule has 0 aliphatic rings. The molecule has 4 N–H and O–H groups in total. The second kappa shape index (κ2) is 5.61. The maximum Gasteiger partial charge on any atom is 0.249 e. The first kappa shape index (κ1) is 13.9. The second-order valence-corrected chi connectivity index (χ2v) is 4.61. The van der Waals surface area contributed by atoms with E-state index in [-0.39, 0.29) is 5.75 Å². The predicted molar refractivity (Wildman–Crippen MR) is 77.7 cm³/mol. The number of rotatable bonds is 4. The molecule has 20 heavy (non-hydrogen) atoms. The minimum Gasteiger partial charge on any atom is -0.506 e. The zero-order chi connectivity index (χ0) is 14.7. The molecule has 0 saturated carbocycles. The molecule has 0 radical (unpaired) electrons. The number of hydrogen-bond donors (Lipinski definition) is 3. The van der Waals surface area contributed by atoms with E-state index >= 15 is 0 Å². The third kappa shape index (κ3) is 2.88. The Kier molecular flexibility index (Phi) is 3.89. The highest BCUT2D eigenvalue weighted by Crippen LogP contribution is 2.21. The third-order valence-corrected chi connectivity index (χ3v) is 3.13. The first-order valence-corrected chi connectivity index (χ1v) is 6.28. The lowest BCUT2D eigenvalue weighted by Gasteiger charge is -2.12. The average molecular weight is 271 g/mol. The van der Waals surface area contributed by atoms with Crippen molar-refractivity contribution >= 4 is 11.6 Å². The van der Waals surface area contributed by atoms with Gasteiger partial charge in [-0.25, -0.2) is 0 Å². The minimum absolute atomic E-state index is 0.145. The number of aromatic nitrogens is 1. The molecule has 5 heteroatoms. The summed E-state index contributed by atoms with van der Waals surface area (Å²) in [5.41, 5.74) is 8.78. The molecule has 0 spiro atoms. The number of amides is 1. The van der Waals surface area contributed by atoms with Crippen molar-refractivity contribution in [2.45, 2.75) is 20.4 Å². The molecule has 5 nitrogen and oxygen atoms in total. The van der Waals surface area contributed by atoms with Gasteiger partial charge in [-0.15, -0.1) is 0 Å². The van der Waals surface area contributed by atoms with E-state index < -0.39 is 5.91 Å². The van der Waals surface area contributed by atoms with Crippen LogP contribution in [0.15, 0.2) is 30.3 Å². The van der Waals surface area contributed by atoms with Crippen LogP contribution in [-0.4, -0.2) is 16.0 Å². The topological polar surface area (TPSA) is 88.2 Å². The number of nitrogens with two attached hydrogens (primary N) is 1. The molecule has 1 amide bonds. The average Bonchev–Trinajstić information content (AvgIpc) is 2.41. The number of nitrogens with zero attached hydrogens (tertiary/aromatic N) is 1. The quantitative estimate of drug-likeness (QED) is 0.794. The number of primary amides is 1. The van der Waals surface area contributed by atoms with Crippen LogP contribution in [-0.2, 0) is 6.54 Å². The Morgan fingerprint density at radius 1 is 1.30 bits per heavy atom. The van der Waals surface area contributed by atoms with Crippen molar-refractivity contribution in [2.24, 2.45) is 5.73 Å². The number of benzene rings is 1. The molecule has 2 aromatic rings. The summed E-state index contributed by atoms with van der Waals surface area (Å²) < 4.78 is 0. The normalized spacial score (nSPS) is 10.3. The number of nitrogens with one attached hydrogen (secondary N) is 1. The number of aryl methyl sites for hydroxylation is 1. The summed E-state index contributed by atoms with van der Waals surface area (Å²) in [4.78, 5) is 15.6. The Hall–Kier alpha value is -2.56. The lowest BCUT2D eigenvalue weighted by atomic mass is 10.1. The smallest absolute Gasteiger partial charge is 0.249 e. The van der Waals surface area contributed by atoms with Gasteiger partial charge in [-0.05, 0) is 43.7 Å². The maximum atomic E-state index is 11.3. The summed E-state index contributed by atoms with van der Waals surface area (Å²) in [6.45, 7) is 4.06. The highest BCUT2D eigenvalue weighted by molar-refractivity contribution is 5.95. The molecule has 0 fully saturated rings. The van der Waals surface area contributed by atoms with Gasteiger partial charge in [0.25, 0.3) is 0 Å². The van der Waals surface area contributed by atoms with Gasteiger partial charge in [0.15, 0.2) is 0 Å². The molecule has 104 valence electrons. The maximum absolute atomic E-state index is 11.3. The fraction of sp³-hybridized carbons (Fsp3) is 0.200. The summed E-state index contributed by atoms with van der Waals surface area (Å²) in [5.74, 6) is -0.311. The fourth-order valence-electron chi connectivity index (χ4n) is 2.01. The minimum atomic E-state index is -0.456. The van der Waals surface area contributed by atoms with Crippen molar-refractivity contribution in [1.82, 2.24) is 4.98 Å². The van der Waals surface area contributed by atoms with Gasteiger partial charge in [-0.2, -0.15) is 0 Å². The number of carbonyl (C=O) groups excluding carboxylic acids is 1. The zero-order valence-electron chi connectivity index (χ0n) is 11.5. The molecular weight excluding hydrogens is 254 g/mol. The number of pyridine rings is 1. The van der Waals surface area contributed by atoms with Gasteiger partial charge in [-0.3, -0.25) is 9.78 Å². The standard InChI is InChI=1S/C15H17N3O2/c1-9-6-7-14(19)13(18-9)8-17-12-5-3-4-11(10(12)2)15(16)20/h3-7,17,19H,8H2,1-2H3,(H2,16,20). The van der Waals surface area contributed by atoms with Gasteiger partial charge >= 0.3 is 0 Å². The van der Waals surface area contributed by atoms with Gasteiger partial charge in [0.2, 0.25) is 5.91 Å². The van der Waals surface area contributed by atoms with Crippen molar-refractivity contribution in [3.05, 3.63) is 52.8 Å². The molecule has 0 aliphatic heterocycles. The van der Waals surface area contributed by atoms with E-state index in [1.54, 1.807) is 24.3 Å². The van der Waals surface area contributed by atoms with E-state index in [4.69, 9.17) is 5.73 Å². The van der Waals surface area contributed by atoms with E-state index in [0.717, 1.165) is 16.9 Å². The van der Waals surface area contributed by atoms with Gasteiger partial charge in [-0.1, -0.05) is 6.07 Å². The largest absolute Gasteiger partial charge is 0.506 e. The molecule has 2 rings (SSSR count). The number of hydrogen-bond acceptors (Lipinski definition) is 4. The van der Waals surface area contributed by atoms with Gasteiger partial charge in [0.05, 0.1) is 6.54 Å². The van der Waals surface area contributed by atoms with Crippen molar-refractivity contribution in [2.75, 3.05) is 5.32 Å². The Morgan fingerprint density at radius 2 is 2.05 bits per heavy atom. The summed E-state index contributed by atoms with van der Waals surface area (Å²) in [6, 6.07) is 8.67. The molecule has 1 heterocycles. The molecule has 1 aromatic carbocycles. The van der Waals surface area contributed by atoms with Crippen LogP contribution in [0, 0.1) is 13.8 Å². The van der Waals surface area contributed by atoms with Gasteiger partial charge in [0, 0.05) is 16.9 Å². The van der Waals surface area contributed by atoms with Crippen molar-refractivity contribution in [3.8, 4) is 5.75 Å². The molecular formula is C15H17N3O2. The number of aromatic hydroxyl groups is 1. The summed E-state index contributed by atoms with van der Waals surface area (Å²) in [7, 11) is 0. The first-order valence-electron chi connectivity index (χ1n) is 6.28. The molecule has 0 aliphatic carbocycles.